The summed E-state index contributed by atoms with van der Waals surface area (Å²) in [5, 5.41) is 4.15. The van der Waals surface area contributed by atoms with Crippen LogP contribution in [-0.4, -0.2) is 48.6 Å². The van der Waals surface area contributed by atoms with Crippen molar-refractivity contribution in [3.8, 4) is 16.3 Å². The van der Waals surface area contributed by atoms with Crippen LogP contribution < -0.4 is 10.1 Å². The van der Waals surface area contributed by atoms with E-state index in [0.717, 1.165) is 36.0 Å². The summed E-state index contributed by atoms with van der Waals surface area (Å²) in [6.07, 6.45) is 1.68. The second-order valence-corrected chi connectivity index (χ2v) is 6.34. The van der Waals surface area contributed by atoms with Gasteiger partial charge in [0, 0.05) is 31.2 Å². The lowest BCUT2D eigenvalue weighted by molar-refractivity contribution is 0.0660. The zero-order chi connectivity index (χ0) is 15.5. The number of piperazine rings is 1. The number of hydrogen-bond acceptors (Lipinski definition) is 5. The molecule has 1 saturated heterocycles. The number of nitrogens with zero attached hydrogens (tertiary/aromatic N) is 2. The lowest BCUT2D eigenvalue weighted by atomic mass is 10.2. The highest BCUT2D eigenvalue weighted by Crippen LogP contribution is 2.27. The molecule has 1 aliphatic rings. The summed E-state index contributed by atoms with van der Waals surface area (Å²) in [5.74, 6) is 0.887. The number of ether oxygens (including phenoxy) is 1. The average molecular weight is 317 g/mol. The van der Waals surface area contributed by atoms with Crippen LogP contribution in [0.2, 0.25) is 0 Å². The first-order valence-corrected chi connectivity index (χ1v) is 8.12. The highest BCUT2D eigenvalue weighted by molar-refractivity contribution is 7.16. The number of methoxy groups -OCH3 is 1. The smallest absolute Gasteiger partial charge is 0.265 e. The number of amides is 1. The van der Waals surface area contributed by atoms with E-state index in [2.05, 4.69) is 17.2 Å². The van der Waals surface area contributed by atoms with Crippen LogP contribution in [0.3, 0.4) is 0 Å². The highest BCUT2D eigenvalue weighted by atomic mass is 32.1. The lowest BCUT2D eigenvalue weighted by Crippen LogP contribution is -2.52. The van der Waals surface area contributed by atoms with Crippen molar-refractivity contribution in [2.24, 2.45) is 0 Å². The van der Waals surface area contributed by atoms with Gasteiger partial charge in [-0.1, -0.05) is 0 Å². The van der Waals surface area contributed by atoms with E-state index in [0.29, 0.717) is 4.88 Å². The van der Waals surface area contributed by atoms with Crippen LogP contribution in [0, 0.1) is 0 Å². The maximum Gasteiger partial charge on any atom is 0.265 e. The molecule has 0 aliphatic carbocycles. The molecule has 1 fully saturated rings. The van der Waals surface area contributed by atoms with Crippen molar-refractivity contribution in [1.29, 1.82) is 0 Å². The molecular formula is C16H19N3O2S. The number of hydrogen-bond donors (Lipinski definition) is 1. The number of nitrogens with one attached hydrogen (secondary N) is 1. The Balaban J connectivity index is 1.79. The van der Waals surface area contributed by atoms with E-state index in [1.807, 2.05) is 29.2 Å². The van der Waals surface area contributed by atoms with Gasteiger partial charge in [-0.15, -0.1) is 11.3 Å². The third-order valence-electron chi connectivity index (χ3n) is 3.82. The van der Waals surface area contributed by atoms with Crippen molar-refractivity contribution >= 4 is 17.2 Å². The SMILES string of the molecule is COc1ccc(-c2ncc(C(=O)N3CCNC[C@@H]3C)s2)cc1. The molecule has 1 aliphatic heterocycles. The predicted octanol–water partition coefficient (Wildman–Crippen LogP) is 2.25. The first kappa shape index (κ1) is 15.0. The molecule has 2 heterocycles. The van der Waals surface area contributed by atoms with Crippen LogP contribution >= 0.6 is 11.3 Å². The molecule has 0 unspecified atom stereocenters. The van der Waals surface area contributed by atoms with E-state index >= 15 is 0 Å². The maximum atomic E-state index is 12.6. The zero-order valence-electron chi connectivity index (χ0n) is 12.7. The summed E-state index contributed by atoms with van der Waals surface area (Å²) < 4.78 is 5.16. The monoisotopic (exact) mass is 317 g/mol. The molecule has 1 aromatic heterocycles. The molecule has 22 heavy (non-hydrogen) atoms. The minimum absolute atomic E-state index is 0.0752. The van der Waals surface area contributed by atoms with Gasteiger partial charge in [-0.2, -0.15) is 0 Å². The molecule has 5 nitrogen and oxygen atoms in total. The standard InChI is InChI=1S/C16H19N3O2S/c1-11-9-17-7-8-19(11)16(20)14-10-18-15(22-14)12-3-5-13(21-2)6-4-12/h3-6,10-11,17H,7-9H2,1-2H3/t11-/m0/s1. The third-order valence-corrected chi connectivity index (χ3v) is 4.85. The van der Waals surface area contributed by atoms with Gasteiger partial charge in [0.2, 0.25) is 0 Å². The van der Waals surface area contributed by atoms with Crippen molar-refractivity contribution in [2.75, 3.05) is 26.7 Å². The third kappa shape index (κ3) is 2.98. The molecule has 0 bridgehead atoms. The number of carbonyl (C=O) groups is 1. The molecule has 116 valence electrons. The van der Waals surface area contributed by atoms with Crippen LogP contribution in [0.5, 0.6) is 5.75 Å². The number of carbonyl (C=O) groups excluding carboxylic acids is 1. The summed E-state index contributed by atoms with van der Waals surface area (Å²) in [6, 6.07) is 7.93. The maximum absolute atomic E-state index is 12.6. The Morgan fingerprint density at radius 3 is 2.86 bits per heavy atom. The number of thiazole rings is 1. The van der Waals surface area contributed by atoms with Crippen LogP contribution in [-0.2, 0) is 0 Å². The first-order chi connectivity index (χ1) is 10.7. The quantitative estimate of drug-likeness (QED) is 0.943. The topological polar surface area (TPSA) is 54.5 Å². The van der Waals surface area contributed by atoms with Crippen LogP contribution in [0.1, 0.15) is 16.6 Å². The second-order valence-electron chi connectivity index (χ2n) is 5.31. The van der Waals surface area contributed by atoms with E-state index in [-0.39, 0.29) is 11.9 Å². The number of rotatable bonds is 3. The summed E-state index contributed by atoms with van der Waals surface area (Å²) in [4.78, 5) is 19.6. The van der Waals surface area contributed by atoms with Crippen molar-refractivity contribution in [3.05, 3.63) is 35.3 Å². The van der Waals surface area contributed by atoms with Gasteiger partial charge in [0.05, 0.1) is 13.3 Å². The minimum atomic E-state index is 0.0752. The lowest BCUT2D eigenvalue weighted by Gasteiger charge is -2.33. The molecule has 6 heteroatoms. The summed E-state index contributed by atoms with van der Waals surface area (Å²) in [6.45, 7) is 4.50. The predicted molar refractivity (Wildman–Crippen MR) is 87.5 cm³/mol. The summed E-state index contributed by atoms with van der Waals surface area (Å²) in [7, 11) is 1.64. The zero-order valence-corrected chi connectivity index (χ0v) is 13.5. The van der Waals surface area contributed by atoms with Gasteiger partial charge >= 0.3 is 0 Å². The Hall–Kier alpha value is -1.92. The Morgan fingerprint density at radius 1 is 1.41 bits per heavy atom. The fourth-order valence-electron chi connectivity index (χ4n) is 2.52. The van der Waals surface area contributed by atoms with Crippen molar-refractivity contribution in [1.82, 2.24) is 15.2 Å². The van der Waals surface area contributed by atoms with E-state index in [1.54, 1.807) is 13.3 Å². The van der Waals surface area contributed by atoms with Gasteiger partial charge in [-0.3, -0.25) is 4.79 Å². The molecular weight excluding hydrogens is 298 g/mol. The Morgan fingerprint density at radius 2 is 2.18 bits per heavy atom. The molecule has 2 aromatic rings. The van der Waals surface area contributed by atoms with Gasteiger partial charge in [0.15, 0.2) is 0 Å². The van der Waals surface area contributed by atoms with Crippen LogP contribution in [0.4, 0.5) is 0 Å². The second kappa shape index (κ2) is 6.46. The number of benzene rings is 1. The van der Waals surface area contributed by atoms with Crippen LogP contribution in [0.15, 0.2) is 30.5 Å². The van der Waals surface area contributed by atoms with E-state index < -0.39 is 0 Å². The number of aromatic nitrogens is 1. The molecule has 1 N–H and O–H groups in total. The first-order valence-electron chi connectivity index (χ1n) is 7.31. The molecule has 1 aromatic carbocycles. The Labute approximate surface area is 133 Å². The molecule has 0 radical (unpaired) electrons. The Kier molecular flexibility index (Phi) is 4.40. The summed E-state index contributed by atoms with van der Waals surface area (Å²) >= 11 is 1.44. The fourth-order valence-corrected chi connectivity index (χ4v) is 3.40. The molecule has 3 rings (SSSR count). The average Bonchev–Trinajstić information content (AvgIpc) is 3.05. The van der Waals surface area contributed by atoms with Gasteiger partial charge in [0.25, 0.3) is 5.91 Å². The van der Waals surface area contributed by atoms with E-state index in [4.69, 9.17) is 4.74 Å². The normalized spacial score (nSPS) is 18.3. The van der Waals surface area contributed by atoms with Gasteiger partial charge < -0.3 is 15.0 Å². The van der Waals surface area contributed by atoms with E-state index in [9.17, 15) is 4.79 Å². The largest absolute Gasteiger partial charge is 0.497 e. The molecule has 1 amide bonds. The fraction of sp³-hybridized carbons (Fsp3) is 0.375. The van der Waals surface area contributed by atoms with Gasteiger partial charge in [-0.05, 0) is 31.2 Å². The molecule has 1 atom stereocenters. The molecule has 0 spiro atoms. The Bertz CT molecular complexity index is 654. The van der Waals surface area contributed by atoms with Crippen LogP contribution in [0.25, 0.3) is 10.6 Å². The molecule has 0 saturated carbocycles. The van der Waals surface area contributed by atoms with Crippen molar-refractivity contribution in [2.45, 2.75) is 13.0 Å². The van der Waals surface area contributed by atoms with Crippen molar-refractivity contribution < 1.29 is 9.53 Å². The minimum Gasteiger partial charge on any atom is -0.497 e. The van der Waals surface area contributed by atoms with Gasteiger partial charge in [0.1, 0.15) is 15.6 Å². The van der Waals surface area contributed by atoms with E-state index in [1.165, 1.54) is 11.3 Å². The van der Waals surface area contributed by atoms with Gasteiger partial charge in [-0.25, -0.2) is 4.98 Å². The highest BCUT2D eigenvalue weighted by Gasteiger charge is 2.25. The summed E-state index contributed by atoms with van der Waals surface area (Å²) in [5.41, 5.74) is 0.998. The van der Waals surface area contributed by atoms with Crippen molar-refractivity contribution in [3.63, 3.8) is 0 Å².